The molecule has 0 spiro atoms. The van der Waals surface area contributed by atoms with Crippen molar-refractivity contribution in [3.63, 3.8) is 0 Å². The molecular formula is C24H32N2O4. The number of hydrogen-bond donors (Lipinski definition) is 2. The van der Waals surface area contributed by atoms with Crippen molar-refractivity contribution < 1.29 is 19.4 Å². The van der Waals surface area contributed by atoms with Crippen molar-refractivity contribution in [1.29, 1.82) is 0 Å². The number of carbonyl (C=O) groups excluding carboxylic acids is 1. The highest BCUT2D eigenvalue weighted by Crippen LogP contribution is 2.37. The maximum Gasteiger partial charge on any atom is 0.318 e. The van der Waals surface area contributed by atoms with Gasteiger partial charge in [-0.3, -0.25) is 0 Å². The number of unbranched alkanes of at least 4 members (excludes halogenated alkanes) is 1. The number of hydrogen-bond acceptors (Lipinski definition) is 4. The van der Waals surface area contributed by atoms with Crippen LogP contribution in [0.25, 0.3) is 0 Å². The molecule has 0 aromatic heterocycles. The number of ether oxygens (including phenoxy) is 2. The Hall–Kier alpha value is -2.73. The lowest BCUT2D eigenvalue weighted by Gasteiger charge is -2.39. The predicted molar refractivity (Wildman–Crippen MR) is 117 cm³/mol. The van der Waals surface area contributed by atoms with Gasteiger partial charge in [0, 0.05) is 30.6 Å². The molecule has 1 aliphatic carbocycles. The first-order valence-electron chi connectivity index (χ1n) is 10.6. The Balaban J connectivity index is 1.92. The number of nitrogens with zero attached hydrogens (tertiary/aromatic N) is 1. The van der Waals surface area contributed by atoms with Crippen LogP contribution < -0.4 is 14.8 Å². The maximum atomic E-state index is 13.1. The summed E-state index contributed by atoms with van der Waals surface area (Å²) < 4.78 is 11.1. The topological polar surface area (TPSA) is 71.0 Å². The number of aliphatic hydroxyl groups is 1. The second kappa shape index (κ2) is 10.3. The zero-order valence-electron chi connectivity index (χ0n) is 18.1. The van der Waals surface area contributed by atoms with Gasteiger partial charge in [-0.15, -0.1) is 0 Å². The van der Waals surface area contributed by atoms with E-state index in [0.717, 1.165) is 41.0 Å². The molecule has 30 heavy (non-hydrogen) atoms. The highest BCUT2D eigenvalue weighted by molar-refractivity contribution is 5.75. The molecule has 0 fully saturated rings. The fourth-order valence-electron chi connectivity index (χ4n) is 4.08. The molecule has 0 bridgehead atoms. The van der Waals surface area contributed by atoms with Crippen LogP contribution in [0.3, 0.4) is 0 Å². The normalized spacial score (nSPS) is 17.7. The summed E-state index contributed by atoms with van der Waals surface area (Å²) in [6.07, 6.45) is 2.15. The summed E-state index contributed by atoms with van der Waals surface area (Å²) in [5.41, 5.74) is 2.97. The Morgan fingerprint density at radius 1 is 1.07 bits per heavy atom. The Bertz CT molecular complexity index is 841. The quantitative estimate of drug-likeness (QED) is 0.651. The van der Waals surface area contributed by atoms with Crippen molar-refractivity contribution in [2.75, 3.05) is 20.8 Å². The molecule has 162 valence electrons. The zero-order chi connectivity index (χ0) is 21.5. The van der Waals surface area contributed by atoms with E-state index in [4.69, 9.17) is 9.47 Å². The minimum absolute atomic E-state index is 0.151. The Labute approximate surface area is 178 Å². The van der Waals surface area contributed by atoms with Crippen LogP contribution in [0.4, 0.5) is 4.79 Å². The van der Waals surface area contributed by atoms with E-state index in [-0.39, 0.29) is 12.1 Å². The second-order valence-corrected chi connectivity index (χ2v) is 7.67. The molecule has 0 aliphatic heterocycles. The number of fused-ring (bicyclic) bond motifs is 1. The number of nitrogens with one attached hydrogen (secondary N) is 1. The molecule has 0 radical (unpaired) electrons. The number of urea groups is 1. The lowest BCUT2D eigenvalue weighted by atomic mass is 9.84. The molecule has 0 saturated heterocycles. The van der Waals surface area contributed by atoms with E-state index < -0.39 is 6.10 Å². The summed E-state index contributed by atoms with van der Waals surface area (Å²) in [7, 11) is 3.27. The summed E-state index contributed by atoms with van der Waals surface area (Å²) in [5.74, 6) is 1.50. The van der Waals surface area contributed by atoms with E-state index in [1.807, 2.05) is 42.5 Å². The van der Waals surface area contributed by atoms with Crippen LogP contribution in [0, 0.1) is 0 Å². The lowest BCUT2D eigenvalue weighted by Crippen LogP contribution is -2.53. The first-order chi connectivity index (χ1) is 14.6. The van der Waals surface area contributed by atoms with Crippen molar-refractivity contribution in [2.45, 2.75) is 51.3 Å². The summed E-state index contributed by atoms with van der Waals surface area (Å²) in [5, 5.41) is 14.1. The molecule has 6 heteroatoms. The fraction of sp³-hybridized carbons (Fsp3) is 0.458. The summed E-state index contributed by atoms with van der Waals surface area (Å²) in [6.45, 7) is 3.15. The third kappa shape index (κ3) is 4.87. The second-order valence-electron chi connectivity index (χ2n) is 7.67. The number of methoxy groups -OCH3 is 2. The van der Waals surface area contributed by atoms with Crippen LogP contribution in [0.1, 0.15) is 36.5 Å². The average molecular weight is 413 g/mol. The smallest absolute Gasteiger partial charge is 0.318 e. The number of amides is 2. The van der Waals surface area contributed by atoms with Crippen LogP contribution in [-0.2, 0) is 19.4 Å². The van der Waals surface area contributed by atoms with Crippen molar-refractivity contribution in [1.82, 2.24) is 10.2 Å². The number of carbonyl (C=O) groups is 1. The number of benzene rings is 2. The molecule has 2 N–H and O–H groups in total. The lowest BCUT2D eigenvalue weighted by molar-refractivity contribution is 0.0548. The molecule has 2 unspecified atom stereocenters. The SMILES string of the molecule is CCCCNC(=O)N(Cc1ccccc1)C1Cc2c(OC)ccc(OC)c2CC1O. The standard InChI is InChI=1S/C24H32N2O4/c1-4-5-13-25-24(28)26(16-17-9-7-6-8-10-17)20-14-18-19(15-21(20)27)23(30-3)12-11-22(18)29-2/h6-12,20-21,27H,4-5,13-16H2,1-3H3,(H,25,28). The molecule has 3 rings (SSSR count). The maximum absolute atomic E-state index is 13.1. The van der Waals surface area contributed by atoms with Gasteiger partial charge in [0.15, 0.2) is 0 Å². The van der Waals surface area contributed by atoms with Gasteiger partial charge in [0.1, 0.15) is 11.5 Å². The molecule has 2 amide bonds. The predicted octanol–water partition coefficient (Wildman–Crippen LogP) is 3.54. The van der Waals surface area contributed by atoms with Gasteiger partial charge in [0.05, 0.1) is 26.4 Å². The monoisotopic (exact) mass is 412 g/mol. The number of rotatable bonds is 8. The van der Waals surface area contributed by atoms with Crippen molar-refractivity contribution in [2.24, 2.45) is 0 Å². The summed E-state index contributed by atoms with van der Waals surface area (Å²) in [4.78, 5) is 14.9. The highest BCUT2D eigenvalue weighted by Gasteiger charge is 2.37. The van der Waals surface area contributed by atoms with Gasteiger partial charge in [-0.2, -0.15) is 0 Å². The van der Waals surface area contributed by atoms with Crippen molar-refractivity contribution in [3.05, 3.63) is 59.2 Å². The van der Waals surface area contributed by atoms with Crippen LogP contribution >= 0.6 is 0 Å². The van der Waals surface area contributed by atoms with Crippen molar-refractivity contribution in [3.8, 4) is 11.5 Å². The van der Waals surface area contributed by atoms with E-state index >= 15 is 0 Å². The van der Waals surface area contributed by atoms with E-state index in [0.29, 0.717) is 25.9 Å². The summed E-state index contributed by atoms with van der Waals surface area (Å²) in [6, 6.07) is 13.1. The zero-order valence-corrected chi connectivity index (χ0v) is 18.1. The van der Waals surface area contributed by atoms with Crippen LogP contribution in [0.2, 0.25) is 0 Å². The summed E-state index contributed by atoms with van der Waals surface area (Å²) >= 11 is 0. The molecule has 6 nitrogen and oxygen atoms in total. The van der Waals surface area contributed by atoms with Crippen LogP contribution in [0.5, 0.6) is 11.5 Å². The highest BCUT2D eigenvalue weighted by atomic mass is 16.5. The van der Waals surface area contributed by atoms with Gasteiger partial charge in [0.25, 0.3) is 0 Å². The molecule has 2 atom stereocenters. The Morgan fingerprint density at radius 3 is 2.30 bits per heavy atom. The van der Waals surface area contributed by atoms with Gasteiger partial charge in [-0.05, 0) is 30.5 Å². The molecule has 0 saturated carbocycles. The van der Waals surface area contributed by atoms with E-state index in [9.17, 15) is 9.90 Å². The van der Waals surface area contributed by atoms with Gasteiger partial charge < -0.3 is 24.8 Å². The molecule has 1 aliphatic rings. The van der Waals surface area contributed by atoms with E-state index in [1.54, 1.807) is 19.1 Å². The molecular weight excluding hydrogens is 380 g/mol. The minimum atomic E-state index is -0.695. The minimum Gasteiger partial charge on any atom is -0.496 e. The third-order valence-electron chi connectivity index (χ3n) is 5.72. The third-order valence-corrected chi connectivity index (χ3v) is 5.72. The Morgan fingerprint density at radius 2 is 1.70 bits per heavy atom. The van der Waals surface area contributed by atoms with Gasteiger partial charge in [-0.1, -0.05) is 43.7 Å². The van der Waals surface area contributed by atoms with Crippen molar-refractivity contribution >= 4 is 6.03 Å². The van der Waals surface area contributed by atoms with Gasteiger partial charge in [0.2, 0.25) is 0 Å². The van der Waals surface area contributed by atoms with Gasteiger partial charge >= 0.3 is 6.03 Å². The Kier molecular flexibility index (Phi) is 7.57. The van der Waals surface area contributed by atoms with Gasteiger partial charge in [-0.25, -0.2) is 4.79 Å². The fourth-order valence-corrected chi connectivity index (χ4v) is 4.08. The average Bonchev–Trinajstić information content (AvgIpc) is 2.77. The van der Waals surface area contributed by atoms with E-state index in [2.05, 4.69) is 12.2 Å². The van der Waals surface area contributed by atoms with Crippen LogP contribution in [-0.4, -0.2) is 48.9 Å². The molecule has 2 aromatic rings. The first kappa shape index (κ1) is 22.0. The molecule has 2 aromatic carbocycles. The van der Waals surface area contributed by atoms with Crippen LogP contribution in [0.15, 0.2) is 42.5 Å². The molecule has 0 heterocycles. The van der Waals surface area contributed by atoms with E-state index in [1.165, 1.54) is 0 Å². The largest absolute Gasteiger partial charge is 0.496 e. The number of aliphatic hydroxyl groups excluding tert-OH is 1. The first-order valence-corrected chi connectivity index (χ1v) is 10.6.